The Morgan fingerprint density at radius 2 is 1.59 bits per heavy atom. The summed E-state index contributed by atoms with van der Waals surface area (Å²) in [6, 6.07) is 3.95. The van der Waals surface area contributed by atoms with E-state index in [1.54, 1.807) is 6.20 Å². The van der Waals surface area contributed by atoms with Crippen molar-refractivity contribution in [3.05, 3.63) is 30.1 Å². The van der Waals surface area contributed by atoms with Gasteiger partial charge in [-0.05, 0) is 54.3 Å². The quantitative estimate of drug-likeness (QED) is 0.484. The molecule has 1 aromatic rings. The summed E-state index contributed by atoms with van der Waals surface area (Å²) in [7, 11) is -4.06. The number of rotatable bonds is 7. The van der Waals surface area contributed by atoms with Crippen LogP contribution in [0.15, 0.2) is 24.5 Å². The van der Waals surface area contributed by atoms with Crippen LogP contribution in [0.2, 0.25) is 36.3 Å². The van der Waals surface area contributed by atoms with Crippen LogP contribution in [0.1, 0.15) is 66.1 Å². The standard InChI is InChI=1S/C21H39NO3Si2/c1-20(2,3)26(7,8)24-18(17-12-11-15-22-16-17)13-14-19(23)25-27(9,10)21(4,5)6/h11-12,15-16,18H,13-14H2,1-10H3. The minimum atomic E-state index is -2.09. The average Bonchev–Trinajstić information content (AvgIpc) is 2.49. The molecule has 6 heteroatoms. The van der Waals surface area contributed by atoms with Crippen molar-refractivity contribution in [1.82, 2.24) is 4.98 Å². The molecule has 0 saturated heterocycles. The molecule has 1 rings (SSSR count). The van der Waals surface area contributed by atoms with Gasteiger partial charge in [0.2, 0.25) is 0 Å². The summed E-state index contributed by atoms with van der Waals surface area (Å²) in [6.07, 6.45) is 4.45. The Hall–Kier alpha value is -0.986. The van der Waals surface area contributed by atoms with Crippen LogP contribution < -0.4 is 0 Å². The summed E-state index contributed by atoms with van der Waals surface area (Å²) < 4.78 is 12.6. The first-order valence-corrected chi connectivity index (χ1v) is 15.7. The van der Waals surface area contributed by atoms with Crippen LogP contribution in [0.4, 0.5) is 0 Å². The van der Waals surface area contributed by atoms with Gasteiger partial charge in [-0.2, -0.15) is 0 Å². The van der Waals surface area contributed by atoms with Crippen LogP contribution in [-0.2, 0) is 13.6 Å². The van der Waals surface area contributed by atoms with Gasteiger partial charge >= 0.3 is 0 Å². The lowest BCUT2D eigenvalue weighted by Crippen LogP contribution is -2.43. The Morgan fingerprint density at radius 1 is 1.04 bits per heavy atom. The van der Waals surface area contributed by atoms with Crippen molar-refractivity contribution in [2.75, 3.05) is 0 Å². The van der Waals surface area contributed by atoms with E-state index < -0.39 is 16.6 Å². The third kappa shape index (κ3) is 6.84. The van der Waals surface area contributed by atoms with Crippen molar-refractivity contribution in [3.8, 4) is 0 Å². The monoisotopic (exact) mass is 409 g/mol. The van der Waals surface area contributed by atoms with Crippen LogP contribution in [0, 0.1) is 0 Å². The van der Waals surface area contributed by atoms with E-state index in [-0.39, 0.29) is 22.1 Å². The first kappa shape index (κ1) is 24.1. The minimum absolute atomic E-state index is 0.0169. The molecule has 27 heavy (non-hydrogen) atoms. The second kappa shape index (κ2) is 8.58. The van der Waals surface area contributed by atoms with Gasteiger partial charge in [0.25, 0.3) is 14.3 Å². The normalized spacial score (nSPS) is 14.7. The molecule has 0 fully saturated rings. The summed E-state index contributed by atoms with van der Waals surface area (Å²) in [4.78, 5) is 16.8. The Labute approximate surface area is 168 Å². The molecular weight excluding hydrogens is 370 g/mol. The van der Waals surface area contributed by atoms with Gasteiger partial charge in [-0.25, -0.2) is 0 Å². The maximum absolute atomic E-state index is 12.6. The van der Waals surface area contributed by atoms with Crippen LogP contribution >= 0.6 is 0 Å². The highest BCUT2D eigenvalue weighted by atomic mass is 28.4. The van der Waals surface area contributed by atoms with E-state index in [9.17, 15) is 4.79 Å². The fourth-order valence-electron chi connectivity index (χ4n) is 2.13. The number of nitrogens with zero attached hydrogens (tertiary/aromatic N) is 1. The first-order chi connectivity index (χ1) is 12.1. The summed E-state index contributed by atoms with van der Waals surface area (Å²) in [6.45, 7) is 21.8. The van der Waals surface area contributed by atoms with E-state index in [0.717, 1.165) is 5.56 Å². The summed E-state index contributed by atoms with van der Waals surface area (Å²) in [5.74, 6) is -0.116. The zero-order valence-corrected chi connectivity index (χ0v) is 21.0. The van der Waals surface area contributed by atoms with Crippen molar-refractivity contribution in [3.63, 3.8) is 0 Å². The van der Waals surface area contributed by atoms with Gasteiger partial charge in [-0.3, -0.25) is 9.78 Å². The molecule has 0 N–H and O–H groups in total. The van der Waals surface area contributed by atoms with Crippen LogP contribution in [-0.4, -0.2) is 27.6 Å². The lowest BCUT2D eigenvalue weighted by atomic mass is 10.1. The topological polar surface area (TPSA) is 48.4 Å². The molecule has 0 saturated carbocycles. The second-order valence-electron chi connectivity index (χ2n) is 10.4. The number of carbonyl (C=O) groups is 1. The highest BCUT2D eigenvalue weighted by Crippen LogP contribution is 2.41. The summed E-state index contributed by atoms with van der Waals surface area (Å²) in [5, 5.41) is 0.123. The smallest absolute Gasteiger partial charge is 0.292 e. The zero-order chi connectivity index (χ0) is 21.1. The van der Waals surface area contributed by atoms with E-state index in [0.29, 0.717) is 12.8 Å². The Kier molecular flexibility index (Phi) is 7.64. The van der Waals surface area contributed by atoms with Crippen molar-refractivity contribution < 1.29 is 13.6 Å². The second-order valence-corrected chi connectivity index (χ2v) is 19.9. The van der Waals surface area contributed by atoms with E-state index in [4.69, 9.17) is 8.85 Å². The number of hydrogen-bond donors (Lipinski definition) is 0. The zero-order valence-electron chi connectivity index (χ0n) is 19.0. The SMILES string of the molecule is CC(C)(C)[Si](C)(C)OC(=O)CCC(O[Si](C)(C)C(C)(C)C)c1cccnc1. The molecule has 154 valence electrons. The van der Waals surface area contributed by atoms with Crippen LogP contribution in [0.25, 0.3) is 0 Å². The highest BCUT2D eigenvalue weighted by Gasteiger charge is 2.41. The van der Waals surface area contributed by atoms with E-state index in [2.05, 4.69) is 72.7 Å². The molecule has 0 bridgehead atoms. The lowest BCUT2D eigenvalue weighted by molar-refractivity contribution is -0.136. The highest BCUT2D eigenvalue weighted by molar-refractivity contribution is 6.75. The fraction of sp³-hybridized carbons (Fsp3) is 0.714. The van der Waals surface area contributed by atoms with Crippen molar-refractivity contribution in [2.24, 2.45) is 0 Å². The molecule has 1 aromatic heterocycles. The van der Waals surface area contributed by atoms with E-state index in [1.165, 1.54) is 0 Å². The van der Waals surface area contributed by atoms with Crippen molar-refractivity contribution in [1.29, 1.82) is 0 Å². The van der Waals surface area contributed by atoms with Crippen molar-refractivity contribution >= 4 is 22.6 Å². The number of pyridine rings is 1. The van der Waals surface area contributed by atoms with Gasteiger partial charge in [0.1, 0.15) is 0 Å². The average molecular weight is 410 g/mol. The van der Waals surface area contributed by atoms with Crippen LogP contribution in [0.3, 0.4) is 0 Å². The van der Waals surface area contributed by atoms with Gasteiger partial charge < -0.3 is 8.85 Å². The van der Waals surface area contributed by atoms with Gasteiger partial charge in [0, 0.05) is 18.8 Å². The first-order valence-electron chi connectivity index (χ1n) is 9.86. The van der Waals surface area contributed by atoms with Crippen molar-refractivity contribution in [2.45, 2.75) is 96.8 Å². The molecule has 0 aliphatic rings. The predicted molar refractivity (Wildman–Crippen MR) is 118 cm³/mol. The van der Waals surface area contributed by atoms with Crippen LogP contribution in [0.5, 0.6) is 0 Å². The van der Waals surface area contributed by atoms with Gasteiger partial charge in [0.05, 0.1) is 6.10 Å². The molecule has 0 amide bonds. The minimum Gasteiger partial charge on any atom is -0.519 e. The van der Waals surface area contributed by atoms with E-state index in [1.807, 2.05) is 18.3 Å². The molecule has 0 aliphatic carbocycles. The predicted octanol–water partition coefficient (Wildman–Crippen LogP) is 6.47. The van der Waals surface area contributed by atoms with Gasteiger partial charge in [0.15, 0.2) is 8.32 Å². The van der Waals surface area contributed by atoms with E-state index >= 15 is 0 Å². The summed E-state index contributed by atoms with van der Waals surface area (Å²) >= 11 is 0. The number of aromatic nitrogens is 1. The summed E-state index contributed by atoms with van der Waals surface area (Å²) in [5.41, 5.74) is 1.03. The Bertz CT molecular complexity index is 617. The fourth-order valence-corrected chi connectivity index (χ4v) is 4.43. The number of carbonyl (C=O) groups excluding carboxylic acids is 1. The molecule has 0 radical (unpaired) electrons. The molecule has 4 nitrogen and oxygen atoms in total. The third-order valence-electron chi connectivity index (χ3n) is 6.09. The molecule has 1 unspecified atom stereocenters. The van der Waals surface area contributed by atoms with Gasteiger partial charge in [-0.15, -0.1) is 0 Å². The van der Waals surface area contributed by atoms with Gasteiger partial charge in [-0.1, -0.05) is 47.6 Å². The maximum Gasteiger partial charge on any atom is 0.292 e. The molecular formula is C21H39NO3Si2. The molecule has 1 atom stereocenters. The molecule has 0 spiro atoms. The molecule has 0 aliphatic heterocycles. The Balaban J connectivity index is 2.89. The number of hydrogen-bond acceptors (Lipinski definition) is 4. The largest absolute Gasteiger partial charge is 0.519 e. The molecule has 0 aromatic carbocycles. The molecule has 1 heterocycles. The maximum atomic E-state index is 12.6. The third-order valence-corrected chi connectivity index (χ3v) is 14.9. The Morgan fingerprint density at radius 3 is 2.04 bits per heavy atom. The lowest BCUT2D eigenvalue weighted by Gasteiger charge is -2.39.